The molecule has 0 aliphatic carbocycles. The minimum Gasteiger partial charge on any atom is -0.383 e. The standard InChI is InChI=1S/C12H17BrN2O/c1-4-5-15(6-7-16-3)12-8-10(2)11(13)9-14-12/h4,8-9H,1,5-7H2,2-3H3. The number of halogens is 1. The van der Waals surface area contributed by atoms with Gasteiger partial charge in [-0.25, -0.2) is 4.98 Å². The molecule has 0 bridgehead atoms. The Morgan fingerprint density at radius 2 is 2.38 bits per heavy atom. The van der Waals surface area contributed by atoms with E-state index in [1.807, 2.05) is 12.3 Å². The quantitative estimate of drug-likeness (QED) is 0.751. The minimum atomic E-state index is 0.685. The Kier molecular flexibility index (Phi) is 5.49. The normalized spacial score (nSPS) is 10.2. The SMILES string of the molecule is C=CCN(CCOC)c1cc(C)c(Br)cn1. The Labute approximate surface area is 105 Å². The summed E-state index contributed by atoms with van der Waals surface area (Å²) in [5.74, 6) is 0.956. The highest BCUT2D eigenvalue weighted by molar-refractivity contribution is 9.10. The van der Waals surface area contributed by atoms with Gasteiger partial charge in [0.1, 0.15) is 5.82 Å². The second-order valence-electron chi connectivity index (χ2n) is 3.52. The van der Waals surface area contributed by atoms with E-state index in [0.717, 1.165) is 23.4 Å². The molecule has 1 aromatic rings. The van der Waals surface area contributed by atoms with Crippen LogP contribution in [0.1, 0.15) is 5.56 Å². The molecular formula is C12H17BrN2O. The highest BCUT2D eigenvalue weighted by Crippen LogP contribution is 2.19. The Morgan fingerprint density at radius 1 is 1.62 bits per heavy atom. The van der Waals surface area contributed by atoms with Crippen molar-refractivity contribution in [3.05, 3.63) is 35.0 Å². The van der Waals surface area contributed by atoms with Crippen molar-refractivity contribution in [2.45, 2.75) is 6.92 Å². The van der Waals surface area contributed by atoms with E-state index in [-0.39, 0.29) is 0 Å². The number of rotatable bonds is 6. The third kappa shape index (κ3) is 3.61. The lowest BCUT2D eigenvalue weighted by atomic mass is 10.3. The lowest BCUT2D eigenvalue weighted by Crippen LogP contribution is -2.28. The molecule has 0 saturated carbocycles. The van der Waals surface area contributed by atoms with Crippen LogP contribution in [0.5, 0.6) is 0 Å². The Balaban J connectivity index is 2.82. The maximum Gasteiger partial charge on any atom is 0.129 e. The van der Waals surface area contributed by atoms with Gasteiger partial charge in [0.05, 0.1) is 6.61 Å². The molecule has 88 valence electrons. The number of anilines is 1. The Bertz CT molecular complexity index is 355. The Hall–Kier alpha value is -0.870. The molecule has 16 heavy (non-hydrogen) atoms. The highest BCUT2D eigenvalue weighted by Gasteiger charge is 2.07. The van der Waals surface area contributed by atoms with Gasteiger partial charge in [0.2, 0.25) is 0 Å². The molecule has 0 aliphatic heterocycles. The first-order valence-electron chi connectivity index (χ1n) is 5.16. The van der Waals surface area contributed by atoms with Gasteiger partial charge in [-0.1, -0.05) is 6.08 Å². The van der Waals surface area contributed by atoms with Gasteiger partial charge in [-0.2, -0.15) is 0 Å². The van der Waals surface area contributed by atoms with Gasteiger partial charge < -0.3 is 9.64 Å². The predicted octanol–water partition coefficient (Wildman–Crippen LogP) is 2.79. The summed E-state index contributed by atoms with van der Waals surface area (Å²) >= 11 is 3.44. The van der Waals surface area contributed by atoms with Crippen molar-refractivity contribution in [2.24, 2.45) is 0 Å². The number of hydrogen-bond acceptors (Lipinski definition) is 3. The summed E-state index contributed by atoms with van der Waals surface area (Å²) in [6, 6.07) is 2.06. The molecule has 0 spiro atoms. The van der Waals surface area contributed by atoms with Gasteiger partial charge in [0.15, 0.2) is 0 Å². The number of methoxy groups -OCH3 is 1. The summed E-state index contributed by atoms with van der Waals surface area (Å²) in [6.07, 6.45) is 3.70. The zero-order valence-electron chi connectivity index (χ0n) is 9.74. The van der Waals surface area contributed by atoms with Crippen molar-refractivity contribution in [3.8, 4) is 0 Å². The van der Waals surface area contributed by atoms with Crippen molar-refractivity contribution >= 4 is 21.7 Å². The van der Waals surface area contributed by atoms with Gasteiger partial charge in [-0.3, -0.25) is 0 Å². The maximum absolute atomic E-state index is 5.08. The van der Waals surface area contributed by atoms with Crippen LogP contribution >= 0.6 is 15.9 Å². The van der Waals surface area contributed by atoms with E-state index in [0.29, 0.717) is 6.61 Å². The molecule has 3 nitrogen and oxygen atoms in total. The number of ether oxygens (including phenoxy) is 1. The first-order chi connectivity index (χ1) is 7.69. The fourth-order valence-corrected chi connectivity index (χ4v) is 1.57. The van der Waals surface area contributed by atoms with Crippen molar-refractivity contribution in [3.63, 3.8) is 0 Å². The van der Waals surface area contributed by atoms with E-state index in [9.17, 15) is 0 Å². The molecule has 0 unspecified atom stereocenters. The molecule has 4 heteroatoms. The van der Waals surface area contributed by atoms with Crippen LogP contribution in [0.4, 0.5) is 5.82 Å². The number of nitrogens with zero attached hydrogens (tertiary/aromatic N) is 2. The molecule has 1 rings (SSSR count). The van der Waals surface area contributed by atoms with Crippen molar-refractivity contribution in [2.75, 3.05) is 31.7 Å². The second-order valence-corrected chi connectivity index (χ2v) is 4.37. The molecule has 0 fully saturated rings. The predicted molar refractivity (Wildman–Crippen MR) is 71.0 cm³/mol. The number of aromatic nitrogens is 1. The zero-order chi connectivity index (χ0) is 12.0. The third-order valence-corrected chi connectivity index (χ3v) is 3.10. The van der Waals surface area contributed by atoms with Gasteiger partial charge in [-0.05, 0) is 34.5 Å². The topological polar surface area (TPSA) is 25.4 Å². The summed E-state index contributed by atoms with van der Waals surface area (Å²) in [6.45, 7) is 8.08. The molecule has 0 aliphatic rings. The minimum absolute atomic E-state index is 0.685. The van der Waals surface area contributed by atoms with Gasteiger partial charge >= 0.3 is 0 Å². The van der Waals surface area contributed by atoms with E-state index in [1.54, 1.807) is 7.11 Å². The lowest BCUT2D eigenvalue weighted by molar-refractivity contribution is 0.205. The van der Waals surface area contributed by atoms with Crippen LogP contribution in [-0.4, -0.2) is 31.8 Å². The number of aryl methyl sites for hydroxylation is 1. The second kappa shape index (κ2) is 6.66. The van der Waals surface area contributed by atoms with Crippen LogP contribution in [0.3, 0.4) is 0 Å². The third-order valence-electron chi connectivity index (χ3n) is 2.27. The molecule has 0 atom stereocenters. The lowest BCUT2D eigenvalue weighted by Gasteiger charge is -2.22. The molecule has 0 radical (unpaired) electrons. The van der Waals surface area contributed by atoms with Crippen LogP contribution in [-0.2, 0) is 4.74 Å². The number of pyridine rings is 1. The molecule has 1 aromatic heterocycles. The maximum atomic E-state index is 5.08. The Morgan fingerprint density at radius 3 is 2.94 bits per heavy atom. The average Bonchev–Trinajstić information content (AvgIpc) is 2.28. The van der Waals surface area contributed by atoms with Crippen LogP contribution in [0.25, 0.3) is 0 Å². The van der Waals surface area contributed by atoms with Crippen LogP contribution in [0.15, 0.2) is 29.4 Å². The van der Waals surface area contributed by atoms with Crippen molar-refractivity contribution in [1.29, 1.82) is 0 Å². The molecule has 0 amide bonds. The van der Waals surface area contributed by atoms with Crippen molar-refractivity contribution in [1.82, 2.24) is 4.98 Å². The summed E-state index contributed by atoms with van der Waals surface area (Å²) in [5, 5.41) is 0. The monoisotopic (exact) mass is 284 g/mol. The molecule has 0 saturated heterocycles. The van der Waals surface area contributed by atoms with Gasteiger partial charge in [-0.15, -0.1) is 6.58 Å². The molecular weight excluding hydrogens is 268 g/mol. The van der Waals surface area contributed by atoms with E-state index in [1.165, 1.54) is 5.56 Å². The highest BCUT2D eigenvalue weighted by atomic mass is 79.9. The molecule has 0 aromatic carbocycles. The van der Waals surface area contributed by atoms with E-state index in [2.05, 4.69) is 45.4 Å². The number of hydrogen-bond donors (Lipinski definition) is 0. The summed E-state index contributed by atoms with van der Waals surface area (Å²) < 4.78 is 6.11. The average molecular weight is 285 g/mol. The van der Waals surface area contributed by atoms with Crippen LogP contribution < -0.4 is 4.90 Å². The fourth-order valence-electron chi connectivity index (χ4n) is 1.35. The first kappa shape index (κ1) is 13.2. The van der Waals surface area contributed by atoms with E-state index in [4.69, 9.17) is 4.74 Å². The van der Waals surface area contributed by atoms with Gasteiger partial charge in [0, 0.05) is 30.9 Å². The molecule has 1 heterocycles. The van der Waals surface area contributed by atoms with E-state index >= 15 is 0 Å². The van der Waals surface area contributed by atoms with Crippen molar-refractivity contribution < 1.29 is 4.74 Å². The first-order valence-corrected chi connectivity index (χ1v) is 5.95. The summed E-state index contributed by atoms with van der Waals surface area (Å²) in [7, 11) is 1.70. The summed E-state index contributed by atoms with van der Waals surface area (Å²) in [5.41, 5.74) is 1.18. The summed E-state index contributed by atoms with van der Waals surface area (Å²) in [4.78, 5) is 6.52. The van der Waals surface area contributed by atoms with E-state index < -0.39 is 0 Å². The molecule has 0 N–H and O–H groups in total. The smallest absolute Gasteiger partial charge is 0.129 e. The van der Waals surface area contributed by atoms with Crippen LogP contribution in [0, 0.1) is 6.92 Å². The fraction of sp³-hybridized carbons (Fsp3) is 0.417. The zero-order valence-corrected chi connectivity index (χ0v) is 11.3. The van der Waals surface area contributed by atoms with Crippen LogP contribution in [0.2, 0.25) is 0 Å². The largest absolute Gasteiger partial charge is 0.383 e. The van der Waals surface area contributed by atoms with Gasteiger partial charge in [0.25, 0.3) is 0 Å².